The molecule has 2 aliphatic rings. The van der Waals surface area contributed by atoms with Gasteiger partial charge >= 0.3 is 0 Å². The lowest BCUT2D eigenvalue weighted by Gasteiger charge is -2.50. The van der Waals surface area contributed by atoms with E-state index in [4.69, 9.17) is 0 Å². The minimum Gasteiger partial charge on any atom is -0.338 e. The molecule has 0 spiro atoms. The number of hydrogen-bond acceptors (Lipinski definition) is 3. The van der Waals surface area contributed by atoms with Crippen molar-refractivity contribution in [2.24, 2.45) is 0 Å². The van der Waals surface area contributed by atoms with E-state index in [0.29, 0.717) is 28.3 Å². The zero-order valence-electron chi connectivity index (χ0n) is 24.0. The third-order valence-electron chi connectivity index (χ3n) is 9.18. The summed E-state index contributed by atoms with van der Waals surface area (Å²) in [5.74, 6) is 0.142. The van der Waals surface area contributed by atoms with E-state index in [0.717, 1.165) is 18.4 Å². The number of benzene rings is 5. The summed E-state index contributed by atoms with van der Waals surface area (Å²) in [6, 6.07) is 42.3. The van der Waals surface area contributed by atoms with Crippen molar-refractivity contribution in [1.29, 1.82) is 0 Å². The van der Waals surface area contributed by atoms with Gasteiger partial charge in [0.05, 0.1) is 0 Å². The van der Waals surface area contributed by atoms with Gasteiger partial charge in [-0.25, -0.2) is 0 Å². The highest BCUT2D eigenvalue weighted by Gasteiger charge is 2.42. The van der Waals surface area contributed by atoms with Gasteiger partial charge in [0.25, 0.3) is 0 Å². The van der Waals surface area contributed by atoms with E-state index in [1.165, 1.54) is 22.5 Å². The van der Waals surface area contributed by atoms with Crippen molar-refractivity contribution in [1.82, 2.24) is 0 Å². The lowest BCUT2D eigenvalue weighted by molar-refractivity contribution is 0.103. The number of rotatable bonds is 6. The fraction of sp³-hybridized carbons (Fsp3) is 0.179. The van der Waals surface area contributed by atoms with Gasteiger partial charge in [-0.05, 0) is 65.8 Å². The molecule has 0 bridgehead atoms. The molecule has 0 unspecified atom stereocenters. The molecule has 5 aromatic rings. The minimum absolute atomic E-state index is 0.0587. The molecular formula is C39H33NO2. The highest BCUT2D eigenvalue weighted by atomic mass is 16.1. The van der Waals surface area contributed by atoms with Gasteiger partial charge in [-0.3, -0.25) is 9.59 Å². The molecule has 206 valence electrons. The van der Waals surface area contributed by atoms with Crippen molar-refractivity contribution in [2.75, 3.05) is 4.90 Å². The van der Waals surface area contributed by atoms with E-state index in [-0.39, 0.29) is 22.9 Å². The first-order valence-corrected chi connectivity index (χ1v) is 14.7. The molecule has 1 aliphatic heterocycles. The van der Waals surface area contributed by atoms with Crippen LogP contribution in [0.15, 0.2) is 127 Å². The van der Waals surface area contributed by atoms with Crippen LogP contribution in [0.5, 0.6) is 0 Å². The van der Waals surface area contributed by atoms with Crippen LogP contribution < -0.4 is 4.90 Å². The molecule has 1 saturated carbocycles. The lowest BCUT2D eigenvalue weighted by atomic mass is 9.70. The first kappa shape index (κ1) is 26.2. The molecule has 0 atom stereocenters. The highest BCUT2D eigenvalue weighted by molar-refractivity contribution is 6.13. The Morgan fingerprint density at radius 3 is 1.48 bits per heavy atom. The standard InChI is InChI=1S/C39H33NO2/c1-39(2)33-17-9-11-19-35(33)40(36-20-12-10-18-34(36)39)32-24-29(25-32)28-21-30(37(41)26-13-5-3-6-14-26)23-31(22-28)38(42)27-15-7-4-8-16-27/h3-23,29,32H,24-25H2,1-2H3. The summed E-state index contributed by atoms with van der Waals surface area (Å²) in [6.07, 6.45) is 1.90. The van der Waals surface area contributed by atoms with Gasteiger partial charge in [0, 0.05) is 45.1 Å². The predicted molar refractivity (Wildman–Crippen MR) is 169 cm³/mol. The van der Waals surface area contributed by atoms with Crippen LogP contribution in [0, 0.1) is 0 Å². The number of carbonyl (C=O) groups is 2. The normalized spacial score (nSPS) is 18.4. The fourth-order valence-electron chi connectivity index (χ4n) is 6.83. The first-order chi connectivity index (χ1) is 20.4. The van der Waals surface area contributed by atoms with Gasteiger partial charge in [0.1, 0.15) is 0 Å². The Labute approximate surface area is 247 Å². The van der Waals surface area contributed by atoms with Crippen LogP contribution in [0.4, 0.5) is 11.4 Å². The molecular weight excluding hydrogens is 514 g/mol. The molecule has 1 heterocycles. The molecule has 42 heavy (non-hydrogen) atoms. The number of para-hydroxylation sites is 2. The van der Waals surface area contributed by atoms with E-state index in [1.807, 2.05) is 72.8 Å². The Morgan fingerprint density at radius 1 is 0.571 bits per heavy atom. The SMILES string of the molecule is CC1(C)c2ccccc2N(C2CC(c3cc(C(=O)c4ccccc4)cc(C(=O)c4ccccc4)c3)C2)c2ccccc21. The largest absolute Gasteiger partial charge is 0.338 e. The van der Waals surface area contributed by atoms with E-state index in [2.05, 4.69) is 67.3 Å². The van der Waals surface area contributed by atoms with Crippen molar-refractivity contribution in [2.45, 2.75) is 44.1 Å². The third-order valence-corrected chi connectivity index (χ3v) is 9.18. The lowest BCUT2D eigenvalue weighted by Crippen LogP contribution is -2.45. The zero-order valence-corrected chi connectivity index (χ0v) is 24.0. The second-order valence-electron chi connectivity index (χ2n) is 12.1. The van der Waals surface area contributed by atoms with Crippen LogP contribution in [-0.4, -0.2) is 17.6 Å². The van der Waals surface area contributed by atoms with Crippen LogP contribution in [0.2, 0.25) is 0 Å². The maximum absolute atomic E-state index is 13.6. The third kappa shape index (κ3) is 4.37. The number of carbonyl (C=O) groups excluding carboxylic acids is 2. The minimum atomic E-state index is -0.0777. The summed E-state index contributed by atoms with van der Waals surface area (Å²) >= 11 is 0. The van der Waals surface area contributed by atoms with Crippen LogP contribution in [0.1, 0.15) is 81.1 Å². The summed E-state index contributed by atoms with van der Waals surface area (Å²) in [6.45, 7) is 4.62. The fourth-order valence-corrected chi connectivity index (χ4v) is 6.83. The van der Waals surface area contributed by atoms with Gasteiger partial charge in [-0.2, -0.15) is 0 Å². The Kier molecular flexibility index (Phi) is 6.39. The van der Waals surface area contributed by atoms with Gasteiger partial charge < -0.3 is 4.90 Å². The van der Waals surface area contributed by atoms with E-state index < -0.39 is 0 Å². The average Bonchev–Trinajstić information content (AvgIpc) is 3.02. The number of ketones is 2. The monoisotopic (exact) mass is 547 g/mol. The molecule has 0 radical (unpaired) electrons. The van der Waals surface area contributed by atoms with E-state index >= 15 is 0 Å². The van der Waals surface area contributed by atoms with Gasteiger partial charge in [0.15, 0.2) is 11.6 Å². The summed E-state index contributed by atoms with van der Waals surface area (Å²) < 4.78 is 0. The van der Waals surface area contributed by atoms with Gasteiger partial charge in [-0.15, -0.1) is 0 Å². The maximum atomic E-state index is 13.6. The average molecular weight is 548 g/mol. The van der Waals surface area contributed by atoms with E-state index in [9.17, 15) is 9.59 Å². The topological polar surface area (TPSA) is 37.4 Å². The number of hydrogen-bond donors (Lipinski definition) is 0. The van der Waals surface area contributed by atoms with Crippen molar-refractivity contribution in [3.63, 3.8) is 0 Å². The molecule has 0 amide bonds. The maximum Gasteiger partial charge on any atom is 0.193 e. The van der Waals surface area contributed by atoms with Crippen LogP contribution in [-0.2, 0) is 5.41 Å². The molecule has 1 fully saturated rings. The molecule has 3 nitrogen and oxygen atoms in total. The Balaban J connectivity index is 1.24. The first-order valence-electron chi connectivity index (χ1n) is 14.7. The van der Waals surface area contributed by atoms with Crippen LogP contribution >= 0.6 is 0 Å². The number of fused-ring (bicyclic) bond motifs is 2. The van der Waals surface area contributed by atoms with Crippen LogP contribution in [0.3, 0.4) is 0 Å². The quantitative estimate of drug-likeness (QED) is 0.199. The molecule has 5 aromatic carbocycles. The molecule has 0 N–H and O–H groups in total. The molecule has 0 saturated heterocycles. The van der Waals surface area contributed by atoms with Crippen molar-refractivity contribution in [3.05, 3.63) is 166 Å². The molecule has 3 heteroatoms. The Morgan fingerprint density at radius 2 is 1.00 bits per heavy atom. The number of nitrogens with zero attached hydrogens (tertiary/aromatic N) is 1. The summed E-state index contributed by atoms with van der Waals surface area (Å²) in [4.78, 5) is 29.7. The van der Waals surface area contributed by atoms with Crippen LogP contribution in [0.25, 0.3) is 0 Å². The second-order valence-corrected chi connectivity index (χ2v) is 12.1. The second kappa shape index (κ2) is 10.3. The van der Waals surface area contributed by atoms with Gasteiger partial charge in [-0.1, -0.05) is 111 Å². The summed E-state index contributed by atoms with van der Waals surface area (Å²) in [7, 11) is 0. The molecule has 7 rings (SSSR count). The van der Waals surface area contributed by atoms with Crippen molar-refractivity contribution in [3.8, 4) is 0 Å². The molecule has 0 aromatic heterocycles. The smallest absolute Gasteiger partial charge is 0.193 e. The van der Waals surface area contributed by atoms with Crippen molar-refractivity contribution < 1.29 is 9.59 Å². The summed E-state index contributed by atoms with van der Waals surface area (Å²) in [5, 5.41) is 0. The van der Waals surface area contributed by atoms with E-state index in [1.54, 1.807) is 6.07 Å². The zero-order chi connectivity index (χ0) is 28.8. The Hall–Kier alpha value is -4.76. The number of anilines is 2. The van der Waals surface area contributed by atoms with Crippen molar-refractivity contribution >= 4 is 22.9 Å². The van der Waals surface area contributed by atoms with Gasteiger partial charge in [0.2, 0.25) is 0 Å². The highest BCUT2D eigenvalue weighted by Crippen LogP contribution is 2.53. The predicted octanol–water partition coefficient (Wildman–Crippen LogP) is 8.87. The Bertz CT molecular complexity index is 1680. The summed E-state index contributed by atoms with van der Waals surface area (Å²) in [5.41, 5.74) is 8.62. The molecule has 1 aliphatic carbocycles.